The summed E-state index contributed by atoms with van der Waals surface area (Å²) in [6.07, 6.45) is 5.86. The van der Waals surface area contributed by atoms with E-state index >= 15 is 0 Å². The molecule has 0 bridgehead atoms. The molecule has 1 saturated heterocycles. The van der Waals surface area contributed by atoms with Crippen molar-refractivity contribution in [3.63, 3.8) is 0 Å². The van der Waals surface area contributed by atoms with E-state index in [4.69, 9.17) is 5.11 Å². The summed E-state index contributed by atoms with van der Waals surface area (Å²) < 4.78 is 0. The Morgan fingerprint density at radius 3 is 2.57 bits per heavy atom. The van der Waals surface area contributed by atoms with Crippen molar-refractivity contribution in [3.8, 4) is 0 Å². The molecular weight excluding hydrogens is 174 g/mol. The molecule has 0 saturated carbocycles. The molecule has 0 aromatic rings. The summed E-state index contributed by atoms with van der Waals surface area (Å²) in [7, 11) is 0. The minimum atomic E-state index is 0.358. The lowest BCUT2D eigenvalue weighted by atomic mass is 9.93. The van der Waals surface area contributed by atoms with Gasteiger partial charge in [0, 0.05) is 6.42 Å². The maximum atomic E-state index is 9.10. The highest BCUT2D eigenvalue weighted by Gasteiger charge is 2.18. The molecule has 82 valence electrons. The van der Waals surface area contributed by atoms with Crippen molar-refractivity contribution in [1.29, 1.82) is 0 Å². The molecule has 0 radical (unpaired) electrons. The highest BCUT2D eigenvalue weighted by Crippen LogP contribution is 2.22. The van der Waals surface area contributed by atoms with Crippen molar-refractivity contribution in [1.82, 2.24) is 4.90 Å². The van der Waals surface area contributed by atoms with Gasteiger partial charge in [-0.2, -0.15) is 0 Å². The molecule has 0 amide bonds. The summed E-state index contributed by atoms with van der Waals surface area (Å²) in [5.74, 6) is 1.03. The van der Waals surface area contributed by atoms with Crippen molar-refractivity contribution in [2.75, 3.05) is 19.6 Å². The van der Waals surface area contributed by atoms with Crippen LogP contribution in [0.1, 0.15) is 39.0 Å². The standard InChI is InChI=1S/C12H23NO/c1-3-4-7-13-8-5-12(6-9-13)10-11(2)14/h12,14H,2-10H2,1H3. The Kier molecular flexibility index (Phi) is 5.02. The molecule has 1 heterocycles. The lowest BCUT2D eigenvalue weighted by molar-refractivity contribution is 0.173. The lowest BCUT2D eigenvalue weighted by Gasteiger charge is -2.31. The van der Waals surface area contributed by atoms with Crippen LogP contribution >= 0.6 is 0 Å². The van der Waals surface area contributed by atoms with Crippen LogP contribution in [0.5, 0.6) is 0 Å². The summed E-state index contributed by atoms with van der Waals surface area (Å²) in [4.78, 5) is 2.54. The van der Waals surface area contributed by atoms with Crippen LogP contribution in [0.4, 0.5) is 0 Å². The van der Waals surface area contributed by atoms with E-state index in [9.17, 15) is 0 Å². The van der Waals surface area contributed by atoms with Crippen LogP contribution in [0.25, 0.3) is 0 Å². The molecule has 2 nitrogen and oxygen atoms in total. The number of likely N-dealkylation sites (tertiary alicyclic amines) is 1. The molecule has 0 aromatic carbocycles. The van der Waals surface area contributed by atoms with Crippen molar-refractivity contribution >= 4 is 0 Å². The molecular formula is C12H23NO. The van der Waals surface area contributed by atoms with Gasteiger partial charge in [0.25, 0.3) is 0 Å². The number of nitrogens with zero attached hydrogens (tertiary/aromatic N) is 1. The zero-order chi connectivity index (χ0) is 10.4. The largest absolute Gasteiger partial charge is 0.513 e. The molecule has 1 N–H and O–H groups in total. The number of allylic oxidation sites excluding steroid dienone is 1. The third-order valence-electron chi connectivity index (χ3n) is 3.06. The lowest BCUT2D eigenvalue weighted by Crippen LogP contribution is -2.34. The fourth-order valence-electron chi connectivity index (χ4n) is 2.13. The SMILES string of the molecule is C=C(O)CC1CCN(CCCC)CC1. The van der Waals surface area contributed by atoms with E-state index in [0.717, 1.165) is 6.42 Å². The Hall–Kier alpha value is -0.500. The number of piperidine rings is 1. The van der Waals surface area contributed by atoms with Gasteiger partial charge < -0.3 is 10.0 Å². The van der Waals surface area contributed by atoms with Gasteiger partial charge in [-0.3, -0.25) is 0 Å². The minimum Gasteiger partial charge on any atom is -0.513 e. The summed E-state index contributed by atoms with van der Waals surface area (Å²) >= 11 is 0. The van der Waals surface area contributed by atoms with E-state index in [1.807, 2.05) is 0 Å². The summed E-state index contributed by atoms with van der Waals surface area (Å²) in [6.45, 7) is 9.46. The quantitative estimate of drug-likeness (QED) is 0.685. The second-order valence-corrected chi connectivity index (χ2v) is 4.41. The molecule has 1 rings (SSSR count). The van der Waals surface area contributed by atoms with Crippen LogP contribution in [0.2, 0.25) is 0 Å². The molecule has 0 aliphatic carbocycles. The van der Waals surface area contributed by atoms with Crippen LogP contribution in [-0.2, 0) is 0 Å². The number of rotatable bonds is 5. The van der Waals surface area contributed by atoms with Crippen molar-refractivity contribution in [2.45, 2.75) is 39.0 Å². The maximum Gasteiger partial charge on any atom is 0.0853 e. The highest BCUT2D eigenvalue weighted by atomic mass is 16.3. The summed E-state index contributed by atoms with van der Waals surface area (Å²) in [5.41, 5.74) is 0. The van der Waals surface area contributed by atoms with E-state index < -0.39 is 0 Å². The third-order valence-corrected chi connectivity index (χ3v) is 3.06. The number of unbranched alkanes of at least 4 members (excludes halogenated alkanes) is 1. The van der Waals surface area contributed by atoms with Crippen LogP contribution in [-0.4, -0.2) is 29.6 Å². The predicted molar refractivity (Wildman–Crippen MR) is 60.5 cm³/mol. The third kappa shape index (κ3) is 4.14. The molecule has 0 unspecified atom stereocenters. The van der Waals surface area contributed by atoms with Gasteiger partial charge >= 0.3 is 0 Å². The van der Waals surface area contributed by atoms with Gasteiger partial charge in [0.15, 0.2) is 0 Å². The zero-order valence-corrected chi connectivity index (χ0v) is 9.34. The minimum absolute atomic E-state index is 0.358. The van der Waals surface area contributed by atoms with Gasteiger partial charge in [-0.15, -0.1) is 0 Å². The first-order chi connectivity index (χ1) is 6.72. The van der Waals surface area contributed by atoms with Gasteiger partial charge in [-0.05, 0) is 44.8 Å². The Bertz CT molecular complexity index is 171. The topological polar surface area (TPSA) is 23.5 Å². The van der Waals surface area contributed by atoms with Crippen LogP contribution in [0, 0.1) is 5.92 Å². The number of hydrogen-bond donors (Lipinski definition) is 1. The zero-order valence-electron chi connectivity index (χ0n) is 9.34. The molecule has 14 heavy (non-hydrogen) atoms. The Balaban J connectivity index is 2.14. The van der Waals surface area contributed by atoms with E-state index in [1.54, 1.807) is 0 Å². The smallest absolute Gasteiger partial charge is 0.0853 e. The number of hydrogen-bond acceptors (Lipinski definition) is 2. The second kappa shape index (κ2) is 6.07. The summed E-state index contributed by atoms with van der Waals surface area (Å²) in [5, 5.41) is 9.10. The highest BCUT2D eigenvalue weighted by molar-refractivity contribution is 4.85. The van der Waals surface area contributed by atoms with E-state index in [2.05, 4.69) is 18.4 Å². The summed E-state index contributed by atoms with van der Waals surface area (Å²) in [6, 6.07) is 0. The fourth-order valence-corrected chi connectivity index (χ4v) is 2.13. The van der Waals surface area contributed by atoms with E-state index in [0.29, 0.717) is 11.7 Å². The molecule has 0 spiro atoms. The molecule has 2 heteroatoms. The van der Waals surface area contributed by atoms with Crippen molar-refractivity contribution in [3.05, 3.63) is 12.3 Å². The monoisotopic (exact) mass is 197 g/mol. The average molecular weight is 197 g/mol. The maximum absolute atomic E-state index is 9.10. The first kappa shape index (κ1) is 11.6. The first-order valence-corrected chi connectivity index (χ1v) is 5.81. The normalized spacial score (nSPS) is 19.8. The number of aliphatic hydroxyl groups is 1. The van der Waals surface area contributed by atoms with Gasteiger partial charge in [0.05, 0.1) is 5.76 Å². The first-order valence-electron chi connectivity index (χ1n) is 5.81. The molecule has 1 fully saturated rings. The Morgan fingerprint density at radius 1 is 1.43 bits per heavy atom. The van der Waals surface area contributed by atoms with Crippen molar-refractivity contribution < 1.29 is 5.11 Å². The molecule has 1 aliphatic rings. The van der Waals surface area contributed by atoms with Gasteiger partial charge in [-0.1, -0.05) is 19.9 Å². The number of aliphatic hydroxyl groups excluding tert-OH is 1. The van der Waals surface area contributed by atoms with Crippen molar-refractivity contribution in [2.24, 2.45) is 5.92 Å². The fraction of sp³-hybridized carbons (Fsp3) is 0.833. The predicted octanol–water partition coefficient (Wildman–Crippen LogP) is 2.96. The van der Waals surface area contributed by atoms with Gasteiger partial charge in [-0.25, -0.2) is 0 Å². The van der Waals surface area contributed by atoms with Crippen LogP contribution in [0.15, 0.2) is 12.3 Å². The van der Waals surface area contributed by atoms with Crippen LogP contribution < -0.4 is 0 Å². The molecule has 1 aliphatic heterocycles. The Morgan fingerprint density at radius 2 is 2.07 bits per heavy atom. The Labute approximate surface area is 87.6 Å². The molecule has 0 atom stereocenters. The van der Waals surface area contributed by atoms with E-state index in [-0.39, 0.29) is 0 Å². The van der Waals surface area contributed by atoms with Crippen LogP contribution in [0.3, 0.4) is 0 Å². The second-order valence-electron chi connectivity index (χ2n) is 4.41. The molecule has 0 aromatic heterocycles. The average Bonchev–Trinajstić information content (AvgIpc) is 2.16. The van der Waals surface area contributed by atoms with Gasteiger partial charge in [0.2, 0.25) is 0 Å². The van der Waals surface area contributed by atoms with E-state index in [1.165, 1.54) is 45.3 Å². The van der Waals surface area contributed by atoms with Gasteiger partial charge in [0.1, 0.15) is 0 Å².